The fourth-order valence-electron chi connectivity index (χ4n) is 4.34. The zero-order valence-corrected chi connectivity index (χ0v) is 19.0. The first-order chi connectivity index (χ1) is 16.8. The van der Waals surface area contributed by atoms with Gasteiger partial charge in [0, 0.05) is 18.2 Å². The third-order valence-electron chi connectivity index (χ3n) is 6.14. The lowest BCUT2D eigenvalue weighted by molar-refractivity contribution is -0.192. The number of carbonyl (C=O) groups is 1. The molecule has 0 saturated heterocycles. The monoisotopic (exact) mass is 481 g/mol. The molecular weight excluding hydrogens is 455 g/mol. The lowest BCUT2D eigenvalue weighted by Crippen LogP contribution is -2.26. The Balaban J connectivity index is 0.000000364. The normalized spacial score (nSPS) is 17.1. The summed E-state index contributed by atoms with van der Waals surface area (Å²) in [5.41, 5.74) is 9.27. The molecule has 0 radical (unpaired) electrons. The number of hydrogen-bond acceptors (Lipinski definition) is 3. The van der Waals surface area contributed by atoms with Crippen LogP contribution in [0.3, 0.4) is 0 Å². The van der Waals surface area contributed by atoms with Crippen LogP contribution < -0.4 is 5.32 Å². The molecule has 8 heteroatoms. The van der Waals surface area contributed by atoms with Crippen LogP contribution in [0.15, 0.2) is 84.4 Å². The van der Waals surface area contributed by atoms with Gasteiger partial charge in [-0.3, -0.25) is 0 Å². The van der Waals surface area contributed by atoms with Gasteiger partial charge in [0.25, 0.3) is 0 Å². The SMILES string of the molecule is C1=CC2=C(CC1)CC(NCc1ccc(-c3cccc(-c4cnc[nH]4)c3)cc1)C2.O=C(O)C(F)(F)F. The maximum atomic E-state index is 10.6. The molecule has 1 aromatic heterocycles. The molecule has 0 spiro atoms. The summed E-state index contributed by atoms with van der Waals surface area (Å²) in [5, 5.41) is 10.9. The van der Waals surface area contributed by atoms with Crippen LogP contribution in [0.25, 0.3) is 22.4 Å². The molecule has 2 aliphatic rings. The Labute approximate surface area is 201 Å². The third-order valence-corrected chi connectivity index (χ3v) is 6.14. The molecule has 0 amide bonds. The number of aromatic amines is 1. The van der Waals surface area contributed by atoms with Gasteiger partial charge in [0.05, 0.1) is 18.2 Å². The predicted octanol–water partition coefficient (Wildman–Crippen LogP) is 6.28. The summed E-state index contributed by atoms with van der Waals surface area (Å²) in [6.45, 7) is 0.934. The largest absolute Gasteiger partial charge is 0.490 e. The van der Waals surface area contributed by atoms with E-state index in [9.17, 15) is 13.2 Å². The second-order valence-electron chi connectivity index (χ2n) is 8.60. The first kappa shape index (κ1) is 24.5. The summed E-state index contributed by atoms with van der Waals surface area (Å²) in [6.07, 6.45) is 8.04. The number of nitrogens with one attached hydrogen (secondary N) is 2. The Morgan fingerprint density at radius 2 is 1.83 bits per heavy atom. The summed E-state index contributed by atoms with van der Waals surface area (Å²) < 4.78 is 31.7. The molecular formula is C27H26F3N3O2. The summed E-state index contributed by atoms with van der Waals surface area (Å²) in [6, 6.07) is 18.1. The summed E-state index contributed by atoms with van der Waals surface area (Å²) in [4.78, 5) is 16.2. The number of imidazole rings is 1. The molecule has 182 valence electrons. The lowest BCUT2D eigenvalue weighted by atomic mass is 10.0. The standard InChI is InChI=1S/C25H25N3.C2HF3O2/c1-2-5-22-14-24(13-21(22)4-1)27-15-18-8-10-19(11-9-18)20-6-3-7-23(12-20)25-16-26-17-28-25;3-2(4,5)1(6)7/h1,3-4,6-12,16-17,24,27H,2,5,13-15H2,(H,26,28);(H,6,7). The Morgan fingerprint density at radius 1 is 1.09 bits per heavy atom. The van der Waals surface area contributed by atoms with Crippen molar-refractivity contribution in [3.63, 3.8) is 0 Å². The van der Waals surface area contributed by atoms with Crippen LogP contribution >= 0.6 is 0 Å². The fraction of sp³-hybridized carbons (Fsp3) is 0.259. The smallest absolute Gasteiger partial charge is 0.475 e. The van der Waals surface area contributed by atoms with Crippen molar-refractivity contribution < 1.29 is 23.1 Å². The van der Waals surface area contributed by atoms with E-state index in [-0.39, 0.29) is 0 Å². The molecule has 35 heavy (non-hydrogen) atoms. The summed E-state index contributed by atoms with van der Waals surface area (Å²) in [7, 11) is 0. The van der Waals surface area contributed by atoms with Crippen LogP contribution in [0.5, 0.6) is 0 Å². The van der Waals surface area contributed by atoms with Gasteiger partial charge >= 0.3 is 12.1 Å². The maximum absolute atomic E-state index is 10.6. The molecule has 3 N–H and O–H groups in total. The van der Waals surface area contributed by atoms with E-state index in [4.69, 9.17) is 9.90 Å². The van der Waals surface area contributed by atoms with Gasteiger partial charge in [0.15, 0.2) is 0 Å². The van der Waals surface area contributed by atoms with E-state index in [1.165, 1.54) is 42.4 Å². The molecule has 5 rings (SSSR count). The minimum atomic E-state index is -5.08. The van der Waals surface area contributed by atoms with Gasteiger partial charge in [0.2, 0.25) is 0 Å². The molecule has 1 atom stereocenters. The zero-order valence-electron chi connectivity index (χ0n) is 19.0. The predicted molar refractivity (Wildman–Crippen MR) is 128 cm³/mol. The number of hydrogen-bond donors (Lipinski definition) is 3. The van der Waals surface area contributed by atoms with Crippen LogP contribution in [0, 0.1) is 0 Å². The molecule has 0 bridgehead atoms. The van der Waals surface area contributed by atoms with Crippen molar-refractivity contribution in [1.29, 1.82) is 0 Å². The molecule has 3 aromatic rings. The van der Waals surface area contributed by atoms with Crippen LogP contribution in [0.1, 0.15) is 31.2 Å². The number of carboxylic acids is 1. The van der Waals surface area contributed by atoms with Crippen molar-refractivity contribution in [3.8, 4) is 22.4 Å². The van der Waals surface area contributed by atoms with Gasteiger partial charge < -0.3 is 15.4 Å². The quantitative estimate of drug-likeness (QED) is 0.401. The van der Waals surface area contributed by atoms with E-state index < -0.39 is 12.1 Å². The molecule has 2 aliphatic carbocycles. The summed E-state index contributed by atoms with van der Waals surface area (Å²) in [5.74, 6) is -2.76. The van der Waals surface area contributed by atoms with Gasteiger partial charge in [-0.1, -0.05) is 60.2 Å². The van der Waals surface area contributed by atoms with Gasteiger partial charge in [-0.25, -0.2) is 9.78 Å². The maximum Gasteiger partial charge on any atom is 0.490 e. The third kappa shape index (κ3) is 6.48. The van der Waals surface area contributed by atoms with E-state index >= 15 is 0 Å². The van der Waals surface area contributed by atoms with Crippen LogP contribution in [0.4, 0.5) is 13.2 Å². The molecule has 0 saturated carbocycles. The lowest BCUT2D eigenvalue weighted by Gasteiger charge is -2.13. The average Bonchev–Trinajstić information content (AvgIpc) is 3.53. The van der Waals surface area contributed by atoms with Gasteiger partial charge in [-0.15, -0.1) is 0 Å². The number of aromatic nitrogens is 2. The Morgan fingerprint density at radius 3 is 2.49 bits per heavy atom. The zero-order chi connectivity index (χ0) is 24.8. The highest BCUT2D eigenvalue weighted by atomic mass is 19.4. The average molecular weight is 482 g/mol. The number of allylic oxidation sites excluding steroid dienone is 2. The highest BCUT2D eigenvalue weighted by Gasteiger charge is 2.38. The van der Waals surface area contributed by atoms with Gasteiger partial charge in [-0.05, 0) is 54.0 Å². The van der Waals surface area contributed by atoms with E-state index in [1.54, 1.807) is 17.5 Å². The Hall–Kier alpha value is -3.65. The van der Waals surface area contributed by atoms with Crippen LogP contribution in [-0.2, 0) is 11.3 Å². The Kier molecular flexibility index (Phi) is 7.51. The second-order valence-corrected chi connectivity index (χ2v) is 8.60. The number of carboxylic acid groups (broad SMARTS) is 1. The first-order valence-electron chi connectivity index (χ1n) is 11.4. The number of aliphatic carboxylic acids is 1. The Bertz CT molecular complexity index is 1210. The van der Waals surface area contributed by atoms with Gasteiger partial charge in [0.1, 0.15) is 0 Å². The van der Waals surface area contributed by atoms with Crippen LogP contribution in [0.2, 0.25) is 0 Å². The van der Waals surface area contributed by atoms with Gasteiger partial charge in [-0.2, -0.15) is 13.2 Å². The minimum Gasteiger partial charge on any atom is -0.475 e. The molecule has 0 aliphatic heterocycles. The number of H-pyrrole nitrogens is 1. The number of alkyl halides is 3. The number of rotatable bonds is 5. The van der Waals surface area contributed by atoms with E-state index in [0.717, 1.165) is 17.8 Å². The van der Waals surface area contributed by atoms with Crippen molar-refractivity contribution in [3.05, 3.63) is 89.9 Å². The highest BCUT2D eigenvalue weighted by Crippen LogP contribution is 2.33. The minimum absolute atomic E-state index is 0.596. The van der Waals surface area contributed by atoms with Crippen molar-refractivity contribution in [2.24, 2.45) is 0 Å². The van der Waals surface area contributed by atoms with Crippen molar-refractivity contribution >= 4 is 5.97 Å². The molecule has 1 unspecified atom stereocenters. The number of benzene rings is 2. The summed E-state index contributed by atoms with van der Waals surface area (Å²) >= 11 is 0. The van der Waals surface area contributed by atoms with Crippen molar-refractivity contribution in [2.75, 3.05) is 0 Å². The molecule has 5 nitrogen and oxygen atoms in total. The van der Waals surface area contributed by atoms with Crippen molar-refractivity contribution in [1.82, 2.24) is 15.3 Å². The fourth-order valence-corrected chi connectivity index (χ4v) is 4.34. The van der Waals surface area contributed by atoms with E-state index in [1.807, 2.05) is 6.20 Å². The highest BCUT2D eigenvalue weighted by molar-refractivity contribution is 5.73. The number of halogens is 3. The molecule has 0 fully saturated rings. The van der Waals surface area contributed by atoms with Crippen molar-refractivity contribution in [2.45, 2.75) is 44.4 Å². The van der Waals surface area contributed by atoms with Crippen LogP contribution in [-0.4, -0.2) is 33.3 Å². The second kappa shape index (κ2) is 10.7. The van der Waals surface area contributed by atoms with E-state index in [2.05, 4.69) is 76.0 Å². The molecule has 1 heterocycles. The van der Waals surface area contributed by atoms with E-state index in [0.29, 0.717) is 6.04 Å². The first-order valence-corrected chi connectivity index (χ1v) is 11.4. The molecule has 2 aromatic carbocycles. The topological polar surface area (TPSA) is 78.0 Å². The number of nitrogens with zero attached hydrogens (tertiary/aromatic N) is 1.